The molecule has 0 aliphatic rings. The fraction of sp³-hybridized carbons (Fsp3) is 0.167. The van der Waals surface area contributed by atoms with E-state index in [1.165, 1.54) is 35.1 Å². The minimum Gasteiger partial charge on any atom is -0.508 e. The predicted octanol–water partition coefficient (Wildman–Crippen LogP) is 0.864. The molecule has 112 valence electrons. The van der Waals surface area contributed by atoms with Gasteiger partial charge in [0.2, 0.25) is 0 Å². The normalized spacial score (nSPS) is 11.2. The van der Waals surface area contributed by atoms with Gasteiger partial charge in [-0.15, -0.1) is 0 Å². The Balaban J connectivity index is 2.12. The first-order chi connectivity index (χ1) is 9.87. The molecular formula is C12H13N3O5S. The number of carboxylic acids is 1. The zero-order valence-corrected chi connectivity index (χ0v) is 11.6. The van der Waals surface area contributed by atoms with Gasteiger partial charge in [-0.3, -0.25) is 14.2 Å². The molecule has 0 unspecified atom stereocenters. The highest BCUT2D eigenvalue weighted by atomic mass is 32.2. The Morgan fingerprint density at radius 1 is 1.29 bits per heavy atom. The van der Waals surface area contributed by atoms with Crippen molar-refractivity contribution >= 4 is 21.7 Å². The van der Waals surface area contributed by atoms with E-state index in [9.17, 15) is 13.2 Å². The molecule has 9 heteroatoms. The van der Waals surface area contributed by atoms with Crippen LogP contribution in [0.5, 0.6) is 5.75 Å². The van der Waals surface area contributed by atoms with E-state index in [2.05, 4.69) is 9.82 Å². The van der Waals surface area contributed by atoms with Crippen LogP contribution in [0.1, 0.15) is 6.42 Å². The van der Waals surface area contributed by atoms with Crippen molar-refractivity contribution in [3.8, 4) is 5.75 Å². The maximum absolute atomic E-state index is 12.1. The lowest BCUT2D eigenvalue weighted by Gasteiger charge is -2.05. The highest BCUT2D eigenvalue weighted by molar-refractivity contribution is 7.92. The number of hydrogen-bond donors (Lipinski definition) is 3. The van der Waals surface area contributed by atoms with Crippen LogP contribution >= 0.6 is 0 Å². The fourth-order valence-corrected chi connectivity index (χ4v) is 2.57. The van der Waals surface area contributed by atoms with Crippen molar-refractivity contribution in [3.63, 3.8) is 0 Å². The van der Waals surface area contributed by atoms with Crippen molar-refractivity contribution in [2.24, 2.45) is 0 Å². The Morgan fingerprint density at radius 3 is 2.57 bits per heavy atom. The van der Waals surface area contributed by atoms with E-state index in [4.69, 9.17) is 10.2 Å². The predicted molar refractivity (Wildman–Crippen MR) is 73.4 cm³/mol. The van der Waals surface area contributed by atoms with Gasteiger partial charge in [0.25, 0.3) is 10.0 Å². The Bertz CT molecular complexity index is 737. The number of phenols is 1. The number of aryl methyl sites for hydroxylation is 1. The first-order valence-electron chi connectivity index (χ1n) is 5.93. The number of benzene rings is 1. The van der Waals surface area contributed by atoms with E-state index in [0.29, 0.717) is 5.69 Å². The molecule has 3 N–H and O–H groups in total. The van der Waals surface area contributed by atoms with Crippen LogP contribution in [-0.2, 0) is 21.4 Å². The summed E-state index contributed by atoms with van der Waals surface area (Å²) in [6, 6.07) is 5.55. The molecule has 0 saturated carbocycles. The van der Waals surface area contributed by atoms with E-state index in [0.717, 1.165) is 6.20 Å². The van der Waals surface area contributed by atoms with Crippen molar-refractivity contribution in [1.82, 2.24) is 9.78 Å². The Hall–Kier alpha value is -2.55. The number of nitrogens with one attached hydrogen (secondary N) is 1. The van der Waals surface area contributed by atoms with Crippen LogP contribution in [0, 0.1) is 0 Å². The summed E-state index contributed by atoms with van der Waals surface area (Å²) in [6.07, 6.45) is 2.25. The monoisotopic (exact) mass is 311 g/mol. The maximum atomic E-state index is 12.1. The lowest BCUT2D eigenvalue weighted by Crippen LogP contribution is -2.12. The third-order valence-electron chi connectivity index (χ3n) is 2.59. The zero-order chi connectivity index (χ0) is 15.5. The van der Waals surface area contributed by atoms with E-state index < -0.39 is 16.0 Å². The number of aromatic hydroxyl groups is 1. The Morgan fingerprint density at radius 2 is 1.95 bits per heavy atom. The number of hydrogen-bond acceptors (Lipinski definition) is 5. The van der Waals surface area contributed by atoms with E-state index in [-0.39, 0.29) is 23.6 Å². The van der Waals surface area contributed by atoms with Crippen LogP contribution in [-0.4, -0.2) is 34.4 Å². The van der Waals surface area contributed by atoms with Crippen molar-refractivity contribution < 1.29 is 23.4 Å². The molecule has 1 aromatic carbocycles. The number of carboxylic acid groups (broad SMARTS) is 1. The number of nitrogens with zero attached hydrogens (tertiary/aromatic N) is 2. The average Bonchev–Trinajstić information content (AvgIpc) is 2.88. The summed E-state index contributed by atoms with van der Waals surface area (Å²) < 4.78 is 27.8. The third kappa shape index (κ3) is 3.96. The summed E-state index contributed by atoms with van der Waals surface area (Å²) in [4.78, 5) is 10.4. The largest absolute Gasteiger partial charge is 0.508 e. The van der Waals surface area contributed by atoms with Gasteiger partial charge in [-0.05, 0) is 24.3 Å². The maximum Gasteiger partial charge on any atom is 0.305 e. The van der Waals surface area contributed by atoms with Crippen molar-refractivity contribution in [1.29, 1.82) is 0 Å². The highest BCUT2D eigenvalue weighted by Crippen LogP contribution is 2.18. The second kappa shape index (κ2) is 5.83. The molecule has 0 saturated heterocycles. The van der Waals surface area contributed by atoms with Crippen molar-refractivity contribution in [2.75, 3.05) is 4.72 Å². The topological polar surface area (TPSA) is 122 Å². The molecule has 0 atom stereocenters. The number of aliphatic carboxylic acids is 1. The van der Waals surface area contributed by atoms with Gasteiger partial charge in [0.15, 0.2) is 0 Å². The Kier molecular flexibility index (Phi) is 4.13. The van der Waals surface area contributed by atoms with E-state index >= 15 is 0 Å². The van der Waals surface area contributed by atoms with Crippen molar-refractivity contribution in [3.05, 3.63) is 36.7 Å². The quantitative estimate of drug-likeness (QED) is 0.680. The second-order valence-electron chi connectivity index (χ2n) is 4.24. The van der Waals surface area contributed by atoms with E-state index in [1.807, 2.05) is 0 Å². The SMILES string of the molecule is O=C(O)CCn1cc(S(=O)(=O)Nc2ccc(O)cc2)cn1. The molecule has 1 heterocycles. The molecule has 0 spiro atoms. The van der Waals surface area contributed by atoms with Gasteiger partial charge in [0.1, 0.15) is 10.6 Å². The molecule has 0 aliphatic heterocycles. The van der Waals surface area contributed by atoms with E-state index in [1.54, 1.807) is 0 Å². The van der Waals surface area contributed by atoms with Gasteiger partial charge >= 0.3 is 5.97 Å². The lowest BCUT2D eigenvalue weighted by molar-refractivity contribution is -0.137. The van der Waals surface area contributed by atoms with Crippen LogP contribution in [0.2, 0.25) is 0 Å². The third-order valence-corrected chi connectivity index (χ3v) is 3.93. The highest BCUT2D eigenvalue weighted by Gasteiger charge is 2.16. The molecule has 2 aromatic rings. The zero-order valence-electron chi connectivity index (χ0n) is 10.8. The number of sulfonamides is 1. The summed E-state index contributed by atoms with van der Waals surface area (Å²) >= 11 is 0. The summed E-state index contributed by atoms with van der Waals surface area (Å²) in [5.74, 6) is -0.962. The first kappa shape index (κ1) is 14.9. The summed E-state index contributed by atoms with van der Waals surface area (Å²) in [5, 5.41) is 21.5. The van der Waals surface area contributed by atoms with Gasteiger partial charge in [0.05, 0.1) is 19.2 Å². The van der Waals surface area contributed by atoms with Gasteiger partial charge in [-0.1, -0.05) is 0 Å². The summed E-state index contributed by atoms with van der Waals surface area (Å²) in [7, 11) is -3.81. The average molecular weight is 311 g/mol. The molecule has 2 rings (SSSR count). The molecule has 0 fully saturated rings. The minimum atomic E-state index is -3.81. The van der Waals surface area contributed by atoms with Gasteiger partial charge in [-0.2, -0.15) is 5.10 Å². The molecule has 0 aliphatic carbocycles. The second-order valence-corrected chi connectivity index (χ2v) is 5.92. The van der Waals surface area contributed by atoms with Gasteiger partial charge in [0, 0.05) is 11.9 Å². The molecule has 8 nitrogen and oxygen atoms in total. The molecule has 21 heavy (non-hydrogen) atoms. The van der Waals surface area contributed by atoms with Crippen LogP contribution in [0.25, 0.3) is 0 Å². The molecule has 0 radical (unpaired) electrons. The standard InChI is InChI=1S/C12H13N3O5S/c16-10-3-1-9(2-4-10)14-21(19,20)11-7-13-15(8-11)6-5-12(17)18/h1-4,7-8,14,16H,5-6H2,(H,17,18). The molecule has 1 aromatic heterocycles. The fourth-order valence-electron chi connectivity index (χ4n) is 1.56. The number of carbonyl (C=O) groups is 1. The number of rotatable bonds is 6. The van der Waals surface area contributed by atoms with Crippen LogP contribution in [0.3, 0.4) is 0 Å². The van der Waals surface area contributed by atoms with Crippen LogP contribution in [0.4, 0.5) is 5.69 Å². The van der Waals surface area contributed by atoms with Gasteiger partial charge in [-0.25, -0.2) is 8.42 Å². The minimum absolute atomic E-state index is 0.0273. The molecule has 0 bridgehead atoms. The number of anilines is 1. The van der Waals surface area contributed by atoms with Gasteiger partial charge < -0.3 is 10.2 Å². The smallest absolute Gasteiger partial charge is 0.305 e. The molecule has 0 amide bonds. The summed E-state index contributed by atoms with van der Waals surface area (Å²) in [6.45, 7) is 0.0874. The van der Waals surface area contributed by atoms with Crippen LogP contribution in [0.15, 0.2) is 41.6 Å². The first-order valence-corrected chi connectivity index (χ1v) is 7.41. The molecular weight excluding hydrogens is 298 g/mol. The van der Waals surface area contributed by atoms with Crippen LogP contribution < -0.4 is 4.72 Å². The lowest BCUT2D eigenvalue weighted by atomic mass is 10.3. The van der Waals surface area contributed by atoms with Crippen molar-refractivity contribution in [2.45, 2.75) is 17.9 Å². The summed E-state index contributed by atoms with van der Waals surface area (Å²) in [5.41, 5.74) is 0.297. The number of phenolic OH excluding ortho intramolecular Hbond substituents is 1. The number of aromatic nitrogens is 2. The Labute approximate surface area is 120 Å².